The summed E-state index contributed by atoms with van der Waals surface area (Å²) in [6.07, 6.45) is 16.3. The van der Waals surface area contributed by atoms with Gasteiger partial charge in [-0.2, -0.15) is 0 Å². The van der Waals surface area contributed by atoms with Crippen molar-refractivity contribution in [1.82, 2.24) is 0 Å². The summed E-state index contributed by atoms with van der Waals surface area (Å²) in [6.45, 7) is 3.54. The van der Waals surface area contributed by atoms with Crippen LogP contribution in [-0.2, 0) is 14.3 Å². The molecule has 0 amide bonds. The van der Waals surface area contributed by atoms with Crippen molar-refractivity contribution in [3.63, 3.8) is 0 Å². The number of hydrogen-bond donors (Lipinski definition) is 3. The molecule has 3 rings (SSSR count). The Bertz CT molecular complexity index is 1370. The third-order valence-electron chi connectivity index (χ3n) is 8.64. The van der Waals surface area contributed by atoms with E-state index in [0.29, 0.717) is 31.1 Å². The summed E-state index contributed by atoms with van der Waals surface area (Å²) in [4.78, 5) is 39.1. The number of aliphatic carboxylic acids is 1. The van der Waals surface area contributed by atoms with E-state index in [0.717, 1.165) is 77.0 Å². The molecule has 0 fully saturated rings. The number of carbonyl (C=O) groups is 3. The van der Waals surface area contributed by atoms with E-state index in [-0.39, 0.29) is 36.5 Å². The Kier molecular flexibility index (Phi) is 18.2. The molecule has 0 aliphatic heterocycles. The predicted octanol–water partition coefficient (Wildman–Crippen LogP) is 7.82. The first-order valence-corrected chi connectivity index (χ1v) is 18.1. The quantitative estimate of drug-likeness (QED) is 0.0694. The fourth-order valence-electron chi connectivity index (χ4n) is 5.72. The van der Waals surface area contributed by atoms with E-state index in [4.69, 9.17) is 29.2 Å². The molecular weight excluding hydrogens is 640 g/mol. The Labute approximate surface area is 296 Å². The van der Waals surface area contributed by atoms with Crippen LogP contribution in [-0.4, -0.2) is 65.3 Å². The minimum atomic E-state index is -1.48. The first-order valence-electron chi connectivity index (χ1n) is 18.1. The zero-order valence-electron chi connectivity index (χ0n) is 29.4. The number of carboxylic acids is 1. The van der Waals surface area contributed by atoms with Crippen LogP contribution in [0.15, 0.2) is 72.5 Å². The van der Waals surface area contributed by atoms with Gasteiger partial charge in [-0.15, -0.1) is 0 Å². The minimum Gasteiger partial charge on any atom is -0.494 e. The minimum absolute atomic E-state index is 0.0566. The maximum atomic E-state index is 13.5. The SMILES string of the molecule is CCCCCCCC1(OC(=O)c2ccc(OCCCCCCO)cc2)C=CC(OC(=O)c2ccc(OCCCCCCO)cc2)=CC1C(=O)O. The van der Waals surface area contributed by atoms with Gasteiger partial charge in [0.1, 0.15) is 28.8 Å². The van der Waals surface area contributed by atoms with Crippen LogP contribution in [0.3, 0.4) is 0 Å². The number of hydrogen-bond acceptors (Lipinski definition) is 9. The maximum absolute atomic E-state index is 13.5. The van der Waals surface area contributed by atoms with E-state index in [1.54, 1.807) is 48.5 Å². The number of unbranched alkanes of at least 4 members (excludes halogenated alkanes) is 10. The van der Waals surface area contributed by atoms with Gasteiger partial charge < -0.3 is 34.3 Å². The number of carboxylic acid groups (broad SMARTS) is 1. The molecule has 0 spiro atoms. The van der Waals surface area contributed by atoms with Crippen molar-refractivity contribution in [2.45, 2.75) is 102 Å². The van der Waals surface area contributed by atoms with Crippen LogP contribution >= 0.6 is 0 Å². The Morgan fingerprint density at radius 3 is 1.68 bits per heavy atom. The Hall–Kier alpha value is -4.15. The van der Waals surface area contributed by atoms with Crippen molar-refractivity contribution in [1.29, 1.82) is 0 Å². The van der Waals surface area contributed by atoms with Gasteiger partial charge in [0.2, 0.25) is 0 Å². The molecule has 0 saturated carbocycles. The number of carbonyl (C=O) groups excluding carboxylic acids is 2. The van der Waals surface area contributed by atoms with E-state index >= 15 is 0 Å². The molecule has 10 heteroatoms. The van der Waals surface area contributed by atoms with Gasteiger partial charge in [-0.25, -0.2) is 9.59 Å². The highest BCUT2D eigenvalue weighted by Crippen LogP contribution is 2.37. The average Bonchev–Trinajstić information content (AvgIpc) is 3.12. The summed E-state index contributed by atoms with van der Waals surface area (Å²) in [7, 11) is 0. The number of benzene rings is 2. The highest BCUT2D eigenvalue weighted by atomic mass is 16.6. The lowest BCUT2D eigenvalue weighted by Crippen LogP contribution is -2.45. The molecule has 0 saturated heterocycles. The van der Waals surface area contributed by atoms with Crippen LogP contribution in [0.2, 0.25) is 0 Å². The van der Waals surface area contributed by atoms with Gasteiger partial charge >= 0.3 is 17.9 Å². The van der Waals surface area contributed by atoms with E-state index in [9.17, 15) is 19.5 Å². The summed E-state index contributed by atoms with van der Waals surface area (Å²) < 4.78 is 23.1. The molecule has 2 atom stereocenters. The predicted molar refractivity (Wildman–Crippen MR) is 190 cm³/mol. The third-order valence-corrected chi connectivity index (χ3v) is 8.64. The monoisotopic (exact) mass is 694 g/mol. The molecule has 0 aromatic heterocycles. The highest BCUT2D eigenvalue weighted by molar-refractivity contribution is 5.91. The van der Waals surface area contributed by atoms with Gasteiger partial charge in [0, 0.05) is 13.2 Å². The van der Waals surface area contributed by atoms with Gasteiger partial charge in [-0.3, -0.25) is 4.79 Å². The molecule has 0 heterocycles. The van der Waals surface area contributed by atoms with Crippen molar-refractivity contribution >= 4 is 17.9 Å². The second-order valence-electron chi connectivity index (χ2n) is 12.6. The molecule has 1 aliphatic carbocycles. The largest absolute Gasteiger partial charge is 0.494 e. The van der Waals surface area contributed by atoms with E-state index in [2.05, 4.69) is 6.92 Å². The topological polar surface area (TPSA) is 149 Å². The van der Waals surface area contributed by atoms with E-state index < -0.39 is 29.4 Å². The number of aliphatic hydroxyl groups is 2. The molecular formula is C40H54O10. The van der Waals surface area contributed by atoms with Gasteiger partial charge in [0.25, 0.3) is 0 Å². The molecule has 1 aliphatic rings. The van der Waals surface area contributed by atoms with Crippen LogP contribution in [0.4, 0.5) is 0 Å². The average molecular weight is 695 g/mol. The van der Waals surface area contributed by atoms with Gasteiger partial charge in [-0.05, 0) is 118 Å². The number of esters is 2. The Morgan fingerprint density at radius 1 is 0.660 bits per heavy atom. The van der Waals surface area contributed by atoms with Gasteiger partial charge in [0.15, 0.2) is 0 Å². The lowest BCUT2D eigenvalue weighted by molar-refractivity contribution is -0.147. The smallest absolute Gasteiger partial charge is 0.343 e. The lowest BCUT2D eigenvalue weighted by Gasteiger charge is -2.36. The zero-order chi connectivity index (χ0) is 36.0. The van der Waals surface area contributed by atoms with Crippen molar-refractivity contribution < 1.29 is 48.7 Å². The fraction of sp³-hybridized carbons (Fsp3) is 0.525. The van der Waals surface area contributed by atoms with Crippen LogP contribution < -0.4 is 9.47 Å². The standard InChI is InChI=1S/C40H54O10/c1-2-3-4-5-10-24-40(50-39(46)32-17-21-34(22-18-32)48-29-14-9-7-12-27-42)25-23-35(30-36(40)37(43)44)49-38(45)31-15-19-33(20-16-31)47-28-13-8-6-11-26-41/h15-23,25,30,36,41-42H,2-14,24,26-29H2,1H3,(H,43,44). The highest BCUT2D eigenvalue weighted by Gasteiger charge is 2.46. The summed E-state index contributed by atoms with van der Waals surface area (Å²) in [5, 5.41) is 28.1. The first kappa shape index (κ1) is 40.3. The second-order valence-corrected chi connectivity index (χ2v) is 12.6. The Balaban J connectivity index is 1.67. The molecule has 3 N–H and O–H groups in total. The van der Waals surface area contributed by atoms with Crippen LogP contribution in [0.5, 0.6) is 11.5 Å². The van der Waals surface area contributed by atoms with Gasteiger partial charge in [-0.1, -0.05) is 45.4 Å². The third kappa shape index (κ3) is 13.6. The summed E-state index contributed by atoms with van der Waals surface area (Å²) in [5.74, 6) is -2.52. The molecule has 274 valence electrons. The zero-order valence-corrected chi connectivity index (χ0v) is 29.4. The number of ether oxygens (including phenoxy) is 4. The van der Waals surface area contributed by atoms with Crippen LogP contribution in [0.1, 0.15) is 118 Å². The van der Waals surface area contributed by atoms with Crippen molar-refractivity contribution in [2.75, 3.05) is 26.4 Å². The Morgan fingerprint density at radius 2 is 1.16 bits per heavy atom. The van der Waals surface area contributed by atoms with Crippen molar-refractivity contribution in [3.05, 3.63) is 83.6 Å². The molecule has 10 nitrogen and oxygen atoms in total. The number of allylic oxidation sites excluding steroid dienone is 1. The molecule has 0 radical (unpaired) electrons. The maximum Gasteiger partial charge on any atom is 0.343 e. The molecule has 50 heavy (non-hydrogen) atoms. The summed E-state index contributed by atoms with van der Waals surface area (Å²) >= 11 is 0. The first-order chi connectivity index (χ1) is 24.3. The second kappa shape index (κ2) is 22.5. The molecule has 2 aromatic carbocycles. The molecule has 2 aromatic rings. The summed E-state index contributed by atoms with van der Waals surface area (Å²) in [6, 6.07) is 13.1. The van der Waals surface area contributed by atoms with E-state index in [1.807, 2.05) is 0 Å². The number of rotatable bonds is 25. The van der Waals surface area contributed by atoms with Crippen LogP contribution in [0.25, 0.3) is 0 Å². The van der Waals surface area contributed by atoms with Gasteiger partial charge in [0.05, 0.1) is 24.3 Å². The van der Waals surface area contributed by atoms with Crippen LogP contribution in [0, 0.1) is 5.92 Å². The number of aliphatic hydroxyl groups excluding tert-OH is 2. The lowest BCUT2D eigenvalue weighted by atomic mass is 9.79. The normalized spacial score (nSPS) is 16.8. The molecule has 2 unspecified atom stereocenters. The fourth-order valence-corrected chi connectivity index (χ4v) is 5.72. The van der Waals surface area contributed by atoms with Crippen molar-refractivity contribution in [3.8, 4) is 11.5 Å². The van der Waals surface area contributed by atoms with Crippen molar-refractivity contribution in [2.24, 2.45) is 5.92 Å². The van der Waals surface area contributed by atoms with E-state index in [1.165, 1.54) is 18.2 Å². The molecule has 0 bridgehead atoms. The summed E-state index contributed by atoms with van der Waals surface area (Å²) in [5.41, 5.74) is -0.945.